The predicted octanol–water partition coefficient (Wildman–Crippen LogP) is 4.03. The van der Waals surface area contributed by atoms with Crippen LogP contribution in [0.25, 0.3) is 0 Å². The van der Waals surface area contributed by atoms with Gasteiger partial charge in [0, 0.05) is 5.69 Å². The average molecular weight is 401 g/mol. The Morgan fingerprint density at radius 3 is 2.31 bits per heavy atom. The molecule has 1 heterocycles. The molecule has 0 aliphatic heterocycles. The number of methoxy groups -OCH3 is 1. The summed E-state index contributed by atoms with van der Waals surface area (Å²) in [5.41, 5.74) is 1.85. The Labute approximate surface area is 170 Å². The van der Waals surface area contributed by atoms with Crippen LogP contribution in [0.1, 0.15) is 69.2 Å². The lowest BCUT2D eigenvalue weighted by atomic mass is 10.1. The van der Waals surface area contributed by atoms with Gasteiger partial charge in [-0.2, -0.15) is 0 Å². The molecule has 0 saturated carbocycles. The van der Waals surface area contributed by atoms with Crippen molar-refractivity contribution in [3.63, 3.8) is 0 Å². The van der Waals surface area contributed by atoms with Crippen molar-refractivity contribution in [2.24, 2.45) is 0 Å². The maximum Gasteiger partial charge on any atom is 0.339 e. The predicted molar refractivity (Wildman–Crippen MR) is 108 cm³/mol. The highest BCUT2D eigenvalue weighted by Gasteiger charge is 2.27. The van der Waals surface area contributed by atoms with Gasteiger partial charge in [-0.15, -0.1) is 0 Å². The minimum absolute atomic E-state index is 0.225. The van der Waals surface area contributed by atoms with Crippen LogP contribution in [0.2, 0.25) is 0 Å². The quantitative estimate of drug-likeness (QED) is 0.387. The molecule has 1 N–H and O–H groups in total. The number of aryl methyl sites for hydroxylation is 1. The number of nitrogens with one attached hydrogen (secondary N) is 1. The van der Waals surface area contributed by atoms with Crippen molar-refractivity contribution < 1.29 is 28.6 Å². The van der Waals surface area contributed by atoms with E-state index < -0.39 is 23.8 Å². The zero-order valence-corrected chi connectivity index (χ0v) is 17.5. The van der Waals surface area contributed by atoms with Gasteiger partial charge in [0.05, 0.1) is 30.5 Å². The Morgan fingerprint density at radius 1 is 1.07 bits per heavy atom. The summed E-state index contributed by atoms with van der Waals surface area (Å²) in [4.78, 5) is 39.9. The molecule has 0 aliphatic rings. The normalized spacial score (nSPS) is 11.6. The molecule has 0 aliphatic carbocycles. The molecule has 2 aromatic rings. The van der Waals surface area contributed by atoms with E-state index in [9.17, 15) is 14.4 Å². The molecule has 0 saturated heterocycles. The number of hydrogen-bond acceptors (Lipinski definition) is 6. The highest BCUT2D eigenvalue weighted by atomic mass is 16.5. The lowest BCUT2D eigenvalue weighted by molar-refractivity contribution is 0.0316. The van der Waals surface area contributed by atoms with Gasteiger partial charge in [-0.1, -0.05) is 13.3 Å². The van der Waals surface area contributed by atoms with E-state index >= 15 is 0 Å². The van der Waals surface area contributed by atoms with E-state index in [1.807, 2.05) is 0 Å². The molecule has 7 nitrogen and oxygen atoms in total. The van der Waals surface area contributed by atoms with Crippen molar-refractivity contribution in [3.05, 3.63) is 52.3 Å². The average Bonchev–Trinajstić information content (AvgIpc) is 3.01. The summed E-state index contributed by atoms with van der Waals surface area (Å²) >= 11 is 0. The van der Waals surface area contributed by atoms with Gasteiger partial charge in [-0.05, 0) is 57.0 Å². The number of carbonyl (C=O) groups excluding carboxylic acids is 3. The van der Waals surface area contributed by atoms with E-state index in [-0.39, 0.29) is 5.69 Å². The van der Waals surface area contributed by atoms with Crippen LogP contribution < -0.4 is 4.74 Å². The van der Waals surface area contributed by atoms with Gasteiger partial charge in [-0.25, -0.2) is 9.59 Å². The fourth-order valence-electron chi connectivity index (χ4n) is 2.91. The number of unbranched alkanes of at least 4 members (excludes halogenated alkanes) is 1. The number of ketones is 1. The van der Waals surface area contributed by atoms with Crippen molar-refractivity contribution in [2.45, 2.75) is 46.6 Å². The highest BCUT2D eigenvalue weighted by Crippen LogP contribution is 2.21. The van der Waals surface area contributed by atoms with Gasteiger partial charge in [0.25, 0.3) is 0 Å². The molecule has 0 radical (unpaired) electrons. The summed E-state index contributed by atoms with van der Waals surface area (Å²) in [7, 11) is 1.28. The van der Waals surface area contributed by atoms with E-state index in [1.165, 1.54) is 14.0 Å². The summed E-state index contributed by atoms with van der Waals surface area (Å²) in [5.74, 6) is -0.887. The third-order valence-corrected chi connectivity index (χ3v) is 4.58. The van der Waals surface area contributed by atoms with Crippen LogP contribution in [0.3, 0.4) is 0 Å². The molecule has 1 aromatic heterocycles. The number of esters is 2. The smallest absolute Gasteiger partial charge is 0.339 e. The first-order valence-electron chi connectivity index (χ1n) is 9.55. The summed E-state index contributed by atoms with van der Waals surface area (Å²) in [5, 5.41) is 0. The fraction of sp³-hybridized carbons (Fsp3) is 0.409. The Bertz CT molecular complexity index is 881. The van der Waals surface area contributed by atoms with E-state index in [4.69, 9.17) is 14.2 Å². The number of ether oxygens (including phenoxy) is 3. The van der Waals surface area contributed by atoms with Crippen LogP contribution >= 0.6 is 0 Å². The monoisotopic (exact) mass is 401 g/mol. The van der Waals surface area contributed by atoms with Crippen LogP contribution in [0.5, 0.6) is 5.75 Å². The summed E-state index contributed by atoms with van der Waals surface area (Å²) in [6, 6.07) is 6.58. The summed E-state index contributed by atoms with van der Waals surface area (Å²) in [6.07, 6.45) is 0.973. The lowest BCUT2D eigenvalue weighted by Crippen LogP contribution is -2.25. The molecule has 2 rings (SSSR count). The van der Waals surface area contributed by atoms with Crippen LogP contribution in [0.4, 0.5) is 0 Å². The fourth-order valence-corrected chi connectivity index (χ4v) is 2.91. The summed E-state index contributed by atoms with van der Waals surface area (Å²) in [6.45, 7) is 7.52. The van der Waals surface area contributed by atoms with Crippen molar-refractivity contribution in [1.29, 1.82) is 0 Å². The van der Waals surface area contributed by atoms with E-state index in [1.54, 1.807) is 38.1 Å². The third-order valence-electron chi connectivity index (χ3n) is 4.58. The molecule has 0 fully saturated rings. The number of aromatic nitrogens is 1. The Morgan fingerprint density at radius 2 is 1.72 bits per heavy atom. The molecular formula is C22H27NO6. The Balaban J connectivity index is 2.06. The number of carbonyl (C=O) groups is 3. The molecule has 156 valence electrons. The zero-order chi connectivity index (χ0) is 21.6. The lowest BCUT2D eigenvalue weighted by Gasteiger charge is -2.13. The molecule has 0 spiro atoms. The molecule has 1 aromatic carbocycles. The van der Waals surface area contributed by atoms with Crippen molar-refractivity contribution >= 4 is 17.7 Å². The van der Waals surface area contributed by atoms with Crippen LogP contribution in [-0.2, 0) is 9.47 Å². The SMILES string of the molecule is CCCCOc1ccc(C(=O)O[C@H](C)C(=O)c2[nH]c(C)c(C(=O)OC)c2C)cc1. The highest BCUT2D eigenvalue weighted by molar-refractivity contribution is 6.04. The minimum atomic E-state index is -1.02. The number of benzene rings is 1. The van der Waals surface area contributed by atoms with Gasteiger partial charge in [0.15, 0.2) is 6.10 Å². The van der Waals surface area contributed by atoms with Gasteiger partial charge in [0.1, 0.15) is 5.75 Å². The maximum absolute atomic E-state index is 12.7. The topological polar surface area (TPSA) is 94.7 Å². The molecule has 29 heavy (non-hydrogen) atoms. The second-order valence-corrected chi connectivity index (χ2v) is 6.75. The molecule has 0 unspecified atom stereocenters. The molecule has 0 amide bonds. The minimum Gasteiger partial charge on any atom is -0.494 e. The number of rotatable bonds is 9. The Kier molecular flexibility index (Phi) is 7.59. The van der Waals surface area contributed by atoms with E-state index in [2.05, 4.69) is 11.9 Å². The van der Waals surface area contributed by atoms with Gasteiger partial charge in [0.2, 0.25) is 5.78 Å². The first-order valence-corrected chi connectivity index (χ1v) is 9.55. The van der Waals surface area contributed by atoms with Crippen molar-refractivity contribution in [2.75, 3.05) is 13.7 Å². The van der Waals surface area contributed by atoms with Crippen molar-refractivity contribution in [1.82, 2.24) is 4.98 Å². The van der Waals surface area contributed by atoms with Crippen molar-refractivity contribution in [3.8, 4) is 5.75 Å². The first kappa shape index (κ1) is 22.2. The van der Waals surface area contributed by atoms with Crippen LogP contribution in [0.15, 0.2) is 24.3 Å². The van der Waals surface area contributed by atoms with Gasteiger partial charge >= 0.3 is 11.9 Å². The number of H-pyrrole nitrogens is 1. The Hall–Kier alpha value is -3.09. The second kappa shape index (κ2) is 9.91. The van der Waals surface area contributed by atoms with Crippen LogP contribution in [0, 0.1) is 13.8 Å². The maximum atomic E-state index is 12.7. The number of Topliss-reactive ketones (excluding diaryl/α,β-unsaturated/α-hetero) is 1. The van der Waals surface area contributed by atoms with E-state index in [0.29, 0.717) is 34.7 Å². The largest absolute Gasteiger partial charge is 0.494 e. The zero-order valence-electron chi connectivity index (χ0n) is 17.5. The second-order valence-electron chi connectivity index (χ2n) is 6.75. The van der Waals surface area contributed by atoms with Crippen LogP contribution in [-0.4, -0.2) is 42.5 Å². The van der Waals surface area contributed by atoms with Gasteiger partial charge < -0.3 is 19.2 Å². The van der Waals surface area contributed by atoms with Gasteiger partial charge in [-0.3, -0.25) is 4.79 Å². The van der Waals surface area contributed by atoms with E-state index in [0.717, 1.165) is 12.8 Å². The molecule has 0 bridgehead atoms. The molecule has 7 heteroatoms. The number of aromatic amines is 1. The number of hydrogen-bond donors (Lipinski definition) is 1. The first-order chi connectivity index (χ1) is 13.8. The molecule has 1 atom stereocenters. The summed E-state index contributed by atoms with van der Waals surface area (Å²) < 4.78 is 15.6. The molecular weight excluding hydrogens is 374 g/mol. The standard InChI is InChI=1S/C22H27NO6/c1-6-7-12-28-17-10-8-16(9-11-17)21(25)29-15(4)20(24)19-13(2)18(14(3)23-19)22(26)27-5/h8-11,15,23H,6-7,12H2,1-5H3/t15-/m1/s1. The third kappa shape index (κ3) is 5.25.